The van der Waals surface area contributed by atoms with E-state index >= 15 is 0 Å². The van der Waals surface area contributed by atoms with Crippen LogP contribution >= 0.6 is 15.9 Å². The van der Waals surface area contributed by atoms with Gasteiger partial charge in [-0.05, 0) is 12.1 Å². The molecule has 0 unspecified atom stereocenters. The fraction of sp³-hybridized carbons (Fsp3) is 0.111. The summed E-state index contributed by atoms with van der Waals surface area (Å²) in [5, 5.41) is 8.67. The molecule has 0 fully saturated rings. The zero-order chi connectivity index (χ0) is 10.7. The molecule has 1 aromatic rings. The molecule has 3 nitrogen and oxygen atoms in total. The van der Waals surface area contributed by atoms with Gasteiger partial charge in [0, 0.05) is 4.47 Å². The molecule has 1 aromatic carbocycles. The minimum atomic E-state index is -0.855. The van der Waals surface area contributed by atoms with E-state index in [4.69, 9.17) is 5.26 Å². The second kappa shape index (κ2) is 4.20. The lowest BCUT2D eigenvalue weighted by atomic mass is 10.1. The number of nitriles is 1. The Hall–Kier alpha value is -1.41. The first-order valence-electron chi connectivity index (χ1n) is 3.57. The van der Waals surface area contributed by atoms with Crippen molar-refractivity contribution in [3.63, 3.8) is 0 Å². The minimum absolute atomic E-state index is 0.0521. The average molecular weight is 258 g/mol. The highest BCUT2D eigenvalue weighted by molar-refractivity contribution is 9.10. The van der Waals surface area contributed by atoms with E-state index in [-0.39, 0.29) is 11.1 Å². The third-order valence-corrected chi connectivity index (χ3v) is 2.02. The summed E-state index contributed by atoms with van der Waals surface area (Å²) in [6, 6.07) is 4.18. The molecule has 5 heteroatoms. The SMILES string of the molecule is COC(=O)c1c(F)cc(Br)cc1C#N. The molecule has 0 heterocycles. The molecule has 14 heavy (non-hydrogen) atoms. The van der Waals surface area contributed by atoms with E-state index < -0.39 is 11.8 Å². The largest absolute Gasteiger partial charge is 0.465 e. The van der Waals surface area contributed by atoms with Crippen LogP contribution in [0.3, 0.4) is 0 Å². The lowest BCUT2D eigenvalue weighted by molar-refractivity contribution is 0.0595. The van der Waals surface area contributed by atoms with Crippen molar-refractivity contribution in [2.45, 2.75) is 0 Å². The van der Waals surface area contributed by atoms with Crippen LogP contribution in [-0.2, 0) is 4.74 Å². The van der Waals surface area contributed by atoms with E-state index in [1.807, 2.05) is 0 Å². The molecule has 0 aliphatic rings. The number of rotatable bonds is 1. The zero-order valence-corrected chi connectivity index (χ0v) is 8.76. The maximum atomic E-state index is 13.3. The van der Waals surface area contributed by atoms with Gasteiger partial charge in [0.05, 0.1) is 12.7 Å². The Kier molecular flexibility index (Phi) is 3.20. The Morgan fingerprint density at radius 3 is 2.79 bits per heavy atom. The molecule has 0 amide bonds. The zero-order valence-electron chi connectivity index (χ0n) is 7.17. The number of methoxy groups -OCH3 is 1. The van der Waals surface area contributed by atoms with Gasteiger partial charge in [-0.2, -0.15) is 5.26 Å². The Morgan fingerprint density at radius 2 is 2.29 bits per heavy atom. The van der Waals surface area contributed by atoms with Crippen molar-refractivity contribution >= 4 is 21.9 Å². The summed E-state index contributed by atoms with van der Waals surface area (Å²) in [5.74, 6) is -1.63. The summed E-state index contributed by atoms with van der Waals surface area (Å²) >= 11 is 3.02. The fourth-order valence-corrected chi connectivity index (χ4v) is 1.40. The summed E-state index contributed by atoms with van der Waals surface area (Å²) in [6.07, 6.45) is 0. The molecule has 0 bridgehead atoms. The van der Waals surface area contributed by atoms with Crippen LogP contribution in [0.5, 0.6) is 0 Å². The van der Waals surface area contributed by atoms with Gasteiger partial charge in [-0.3, -0.25) is 0 Å². The van der Waals surface area contributed by atoms with Crippen molar-refractivity contribution in [3.05, 3.63) is 33.5 Å². The van der Waals surface area contributed by atoms with Crippen LogP contribution in [0.25, 0.3) is 0 Å². The first-order chi connectivity index (χ1) is 6.60. The van der Waals surface area contributed by atoms with Crippen molar-refractivity contribution in [2.24, 2.45) is 0 Å². The molecule has 0 saturated carbocycles. The summed E-state index contributed by atoms with van der Waals surface area (Å²) in [5.41, 5.74) is -0.387. The molecular formula is C9H5BrFNO2. The molecule has 0 N–H and O–H groups in total. The van der Waals surface area contributed by atoms with E-state index in [1.165, 1.54) is 6.07 Å². The van der Waals surface area contributed by atoms with E-state index in [1.54, 1.807) is 6.07 Å². The Morgan fingerprint density at radius 1 is 1.64 bits per heavy atom. The number of esters is 1. The van der Waals surface area contributed by atoms with Crippen molar-refractivity contribution in [1.82, 2.24) is 0 Å². The number of halogens is 2. The number of nitrogens with zero attached hydrogens (tertiary/aromatic N) is 1. The summed E-state index contributed by atoms with van der Waals surface area (Å²) in [4.78, 5) is 11.1. The first-order valence-corrected chi connectivity index (χ1v) is 4.37. The summed E-state index contributed by atoms with van der Waals surface area (Å²) < 4.78 is 18.0. The lowest BCUT2D eigenvalue weighted by Gasteiger charge is -2.03. The third-order valence-electron chi connectivity index (χ3n) is 1.56. The molecule has 0 aliphatic carbocycles. The Balaban J connectivity index is 3.42. The summed E-state index contributed by atoms with van der Waals surface area (Å²) in [6.45, 7) is 0. The van der Waals surface area contributed by atoms with Crippen LogP contribution in [0.4, 0.5) is 4.39 Å². The molecular weight excluding hydrogens is 253 g/mol. The van der Waals surface area contributed by atoms with Crippen LogP contribution in [0.1, 0.15) is 15.9 Å². The van der Waals surface area contributed by atoms with Crippen molar-refractivity contribution in [3.8, 4) is 6.07 Å². The molecule has 1 rings (SSSR count). The normalized spacial score (nSPS) is 9.29. The van der Waals surface area contributed by atoms with Gasteiger partial charge in [0.2, 0.25) is 0 Å². The monoisotopic (exact) mass is 257 g/mol. The maximum absolute atomic E-state index is 13.3. The smallest absolute Gasteiger partial charge is 0.342 e. The van der Waals surface area contributed by atoms with E-state index in [0.717, 1.165) is 13.2 Å². The van der Waals surface area contributed by atoms with Crippen LogP contribution in [0.15, 0.2) is 16.6 Å². The quantitative estimate of drug-likeness (QED) is 0.726. The number of carbonyl (C=O) groups is 1. The lowest BCUT2D eigenvalue weighted by Crippen LogP contribution is -2.07. The van der Waals surface area contributed by atoms with Gasteiger partial charge in [0.25, 0.3) is 0 Å². The van der Waals surface area contributed by atoms with Crippen LogP contribution in [0, 0.1) is 17.1 Å². The van der Waals surface area contributed by atoms with Gasteiger partial charge in [0.15, 0.2) is 0 Å². The predicted octanol–water partition coefficient (Wildman–Crippen LogP) is 2.25. The molecule has 0 saturated heterocycles. The number of ether oxygens (including phenoxy) is 1. The molecule has 0 atom stereocenters. The van der Waals surface area contributed by atoms with Crippen LogP contribution in [-0.4, -0.2) is 13.1 Å². The van der Waals surface area contributed by atoms with Crippen molar-refractivity contribution in [1.29, 1.82) is 5.26 Å². The van der Waals surface area contributed by atoms with Crippen LogP contribution < -0.4 is 0 Å². The van der Waals surface area contributed by atoms with Gasteiger partial charge >= 0.3 is 5.97 Å². The summed E-state index contributed by atoms with van der Waals surface area (Å²) in [7, 11) is 1.13. The van der Waals surface area contributed by atoms with Gasteiger partial charge in [0.1, 0.15) is 17.4 Å². The number of carbonyl (C=O) groups excluding carboxylic acids is 1. The molecule has 0 aliphatic heterocycles. The highest BCUT2D eigenvalue weighted by Gasteiger charge is 2.18. The Bertz CT molecular complexity index is 426. The number of benzene rings is 1. The number of hydrogen-bond donors (Lipinski definition) is 0. The second-order valence-electron chi connectivity index (χ2n) is 2.41. The standard InChI is InChI=1S/C9H5BrFNO2/c1-14-9(13)8-5(4-12)2-6(10)3-7(8)11/h2-3H,1H3. The van der Waals surface area contributed by atoms with Gasteiger partial charge < -0.3 is 4.74 Å². The first kappa shape index (κ1) is 10.7. The molecule has 0 radical (unpaired) electrons. The van der Waals surface area contributed by atoms with Gasteiger partial charge in [-0.15, -0.1) is 0 Å². The molecule has 72 valence electrons. The Labute approximate surface area is 88.2 Å². The number of hydrogen-bond acceptors (Lipinski definition) is 3. The second-order valence-corrected chi connectivity index (χ2v) is 3.33. The maximum Gasteiger partial charge on any atom is 0.342 e. The molecule has 0 aromatic heterocycles. The average Bonchev–Trinajstić information content (AvgIpc) is 2.15. The van der Waals surface area contributed by atoms with Gasteiger partial charge in [-0.25, -0.2) is 9.18 Å². The van der Waals surface area contributed by atoms with Crippen molar-refractivity contribution in [2.75, 3.05) is 7.11 Å². The predicted molar refractivity (Wildman–Crippen MR) is 50.2 cm³/mol. The fourth-order valence-electron chi connectivity index (χ4n) is 0.971. The van der Waals surface area contributed by atoms with Crippen molar-refractivity contribution < 1.29 is 13.9 Å². The van der Waals surface area contributed by atoms with E-state index in [2.05, 4.69) is 20.7 Å². The highest BCUT2D eigenvalue weighted by atomic mass is 79.9. The topological polar surface area (TPSA) is 50.1 Å². The van der Waals surface area contributed by atoms with E-state index in [9.17, 15) is 9.18 Å². The minimum Gasteiger partial charge on any atom is -0.465 e. The van der Waals surface area contributed by atoms with Crippen LogP contribution in [0.2, 0.25) is 0 Å². The van der Waals surface area contributed by atoms with E-state index in [0.29, 0.717) is 4.47 Å². The molecule has 0 spiro atoms. The van der Waals surface area contributed by atoms with Gasteiger partial charge in [-0.1, -0.05) is 15.9 Å². The highest BCUT2D eigenvalue weighted by Crippen LogP contribution is 2.20. The third kappa shape index (κ3) is 1.91.